The highest BCUT2D eigenvalue weighted by atomic mass is 16.4. The number of carbonyl (C=O) groups excluding carboxylic acids is 2. The van der Waals surface area contributed by atoms with Gasteiger partial charge < -0.3 is 15.0 Å². The zero-order chi connectivity index (χ0) is 24.1. The lowest BCUT2D eigenvalue weighted by atomic mass is 9.97. The van der Waals surface area contributed by atoms with Gasteiger partial charge in [-0.25, -0.2) is 9.78 Å². The zero-order valence-corrected chi connectivity index (χ0v) is 19.0. The van der Waals surface area contributed by atoms with E-state index >= 15 is 0 Å². The summed E-state index contributed by atoms with van der Waals surface area (Å²) in [7, 11) is 0. The lowest BCUT2D eigenvalue weighted by Crippen LogP contribution is -2.52. The quantitative estimate of drug-likeness (QED) is 0.492. The topological polar surface area (TPSA) is 101 Å². The zero-order valence-electron chi connectivity index (χ0n) is 19.0. The summed E-state index contributed by atoms with van der Waals surface area (Å²) in [5.41, 5.74) is 1.85. The summed E-state index contributed by atoms with van der Waals surface area (Å²) in [6.45, 7) is 2.44. The number of carbonyl (C=O) groups is 3. The number of nitrogens with one attached hydrogen (secondary N) is 1. The molecule has 1 saturated carbocycles. The molecule has 3 aromatic rings. The number of aromatic nitrogens is 2. The molecule has 7 heteroatoms. The van der Waals surface area contributed by atoms with E-state index < -0.39 is 17.4 Å². The molecule has 2 aromatic heterocycles. The molecule has 1 aromatic carbocycles. The Hall–Kier alpha value is -4.00. The number of benzene rings is 1. The highest BCUT2D eigenvalue weighted by Crippen LogP contribution is 2.30. The number of hydrogen-bond acceptors (Lipinski definition) is 4. The third-order valence-electron chi connectivity index (χ3n) is 6.19. The molecule has 2 N–H and O–H groups in total. The predicted molar refractivity (Wildman–Crippen MR) is 129 cm³/mol. The van der Waals surface area contributed by atoms with Gasteiger partial charge in [0.15, 0.2) is 0 Å². The van der Waals surface area contributed by atoms with Crippen LogP contribution in [0.25, 0.3) is 6.08 Å². The summed E-state index contributed by atoms with van der Waals surface area (Å²) in [5, 5.41) is 12.3. The second-order valence-electron chi connectivity index (χ2n) is 8.64. The molecule has 0 bridgehead atoms. The Morgan fingerprint density at radius 1 is 1.06 bits per heavy atom. The number of pyridine rings is 1. The van der Waals surface area contributed by atoms with Crippen LogP contribution in [-0.4, -0.2) is 37.9 Å². The minimum atomic E-state index is -1.21. The number of carboxylic acid groups (broad SMARTS) is 1. The molecule has 2 heterocycles. The van der Waals surface area contributed by atoms with Crippen molar-refractivity contribution in [1.29, 1.82) is 0 Å². The monoisotopic (exact) mass is 457 g/mol. The van der Waals surface area contributed by atoms with Gasteiger partial charge in [0.25, 0.3) is 5.91 Å². The SMILES string of the molecule is Cc1ccc(C(=O)c2cccn2C/C=C/c2cccc(C(=O)NC3(C(=O)O)CCCC3)n2)cc1. The lowest BCUT2D eigenvalue weighted by molar-refractivity contribution is -0.144. The summed E-state index contributed by atoms with van der Waals surface area (Å²) in [5.74, 6) is -1.54. The lowest BCUT2D eigenvalue weighted by Gasteiger charge is -2.25. The van der Waals surface area contributed by atoms with E-state index in [1.807, 2.05) is 54.1 Å². The van der Waals surface area contributed by atoms with E-state index in [1.54, 1.807) is 30.3 Å². The molecule has 4 rings (SSSR count). The van der Waals surface area contributed by atoms with Gasteiger partial charge in [-0.2, -0.15) is 0 Å². The molecule has 0 saturated heterocycles. The van der Waals surface area contributed by atoms with Crippen LogP contribution in [-0.2, 0) is 11.3 Å². The highest BCUT2D eigenvalue weighted by Gasteiger charge is 2.42. The van der Waals surface area contributed by atoms with Crippen molar-refractivity contribution in [3.05, 3.63) is 95.1 Å². The molecule has 0 aliphatic heterocycles. The Balaban J connectivity index is 1.44. The first-order valence-electron chi connectivity index (χ1n) is 11.3. The summed E-state index contributed by atoms with van der Waals surface area (Å²) in [6.07, 6.45) is 7.89. The fraction of sp³-hybridized carbons (Fsp3) is 0.259. The van der Waals surface area contributed by atoms with Gasteiger partial charge in [0, 0.05) is 18.3 Å². The van der Waals surface area contributed by atoms with Gasteiger partial charge in [0.05, 0.1) is 11.4 Å². The van der Waals surface area contributed by atoms with Crippen molar-refractivity contribution in [2.45, 2.75) is 44.7 Å². The Kier molecular flexibility index (Phi) is 6.72. The first-order chi connectivity index (χ1) is 16.4. The van der Waals surface area contributed by atoms with Crippen LogP contribution in [0.5, 0.6) is 0 Å². The third kappa shape index (κ3) is 4.98. The van der Waals surface area contributed by atoms with Crippen molar-refractivity contribution in [2.24, 2.45) is 0 Å². The number of nitrogens with zero attached hydrogens (tertiary/aromatic N) is 2. The minimum Gasteiger partial charge on any atom is -0.480 e. The second-order valence-corrected chi connectivity index (χ2v) is 8.64. The summed E-state index contributed by atoms with van der Waals surface area (Å²) < 4.78 is 1.85. The largest absolute Gasteiger partial charge is 0.480 e. The fourth-order valence-corrected chi connectivity index (χ4v) is 4.24. The summed E-state index contributed by atoms with van der Waals surface area (Å²) >= 11 is 0. The van der Waals surface area contributed by atoms with E-state index in [2.05, 4.69) is 10.3 Å². The van der Waals surface area contributed by atoms with Crippen LogP contribution < -0.4 is 5.32 Å². The van der Waals surface area contributed by atoms with Gasteiger partial charge in [0.1, 0.15) is 11.2 Å². The van der Waals surface area contributed by atoms with Crippen molar-refractivity contribution in [3.63, 3.8) is 0 Å². The number of hydrogen-bond donors (Lipinski definition) is 2. The Morgan fingerprint density at radius 2 is 1.79 bits per heavy atom. The molecule has 1 amide bonds. The van der Waals surface area contributed by atoms with Crippen LogP contribution in [0.4, 0.5) is 0 Å². The van der Waals surface area contributed by atoms with E-state index in [9.17, 15) is 19.5 Å². The maximum Gasteiger partial charge on any atom is 0.329 e. The van der Waals surface area contributed by atoms with Crippen molar-refractivity contribution in [1.82, 2.24) is 14.9 Å². The number of allylic oxidation sites excluding steroid dienone is 1. The van der Waals surface area contributed by atoms with Crippen molar-refractivity contribution >= 4 is 23.7 Å². The maximum atomic E-state index is 12.9. The first-order valence-corrected chi connectivity index (χ1v) is 11.3. The Bertz CT molecular complexity index is 1230. The van der Waals surface area contributed by atoms with E-state index in [4.69, 9.17) is 0 Å². The average Bonchev–Trinajstić information content (AvgIpc) is 3.50. The van der Waals surface area contributed by atoms with Crippen LogP contribution in [0.1, 0.15) is 63.5 Å². The Morgan fingerprint density at radius 3 is 2.50 bits per heavy atom. The van der Waals surface area contributed by atoms with Crippen molar-refractivity contribution in [2.75, 3.05) is 0 Å². The smallest absolute Gasteiger partial charge is 0.329 e. The Labute approximate surface area is 198 Å². The molecule has 0 atom stereocenters. The molecular weight excluding hydrogens is 430 g/mol. The van der Waals surface area contributed by atoms with Gasteiger partial charge in [0.2, 0.25) is 5.78 Å². The third-order valence-corrected chi connectivity index (χ3v) is 6.19. The van der Waals surface area contributed by atoms with Gasteiger partial charge in [-0.15, -0.1) is 0 Å². The van der Waals surface area contributed by atoms with Crippen molar-refractivity contribution < 1.29 is 19.5 Å². The number of amides is 1. The van der Waals surface area contributed by atoms with Crippen LogP contribution in [0.2, 0.25) is 0 Å². The highest BCUT2D eigenvalue weighted by molar-refractivity contribution is 6.08. The molecule has 34 heavy (non-hydrogen) atoms. The standard InChI is InChI=1S/C27H27N3O4/c1-19-11-13-20(14-12-19)24(31)23-10-6-18-30(23)17-5-8-21-7-4-9-22(28-21)25(32)29-27(26(33)34)15-2-3-16-27/h4-14,18H,2-3,15-17H2,1H3,(H,29,32)(H,33,34)/b8-5+. The number of carboxylic acids is 1. The first kappa shape index (κ1) is 23.2. The minimum absolute atomic E-state index is 0.0468. The fourth-order valence-electron chi connectivity index (χ4n) is 4.24. The summed E-state index contributed by atoms with van der Waals surface area (Å²) in [6, 6.07) is 16.2. The molecule has 7 nitrogen and oxygen atoms in total. The average molecular weight is 458 g/mol. The summed E-state index contributed by atoms with van der Waals surface area (Å²) in [4.78, 5) is 41.6. The van der Waals surface area contributed by atoms with E-state index in [1.165, 1.54) is 0 Å². The number of ketones is 1. The molecule has 0 unspecified atom stereocenters. The molecule has 174 valence electrons. The van der Waals surface area contributed by atoms with E-state index in [0.29, 0.717) is 36.3 Å². The number of aryl methyl sites for hydroxylation is 1. The molecular formula is C27H27N3O4. The van der Waals surface area contributed by atoms with Crippen molar-refractivity contribution in [3.8, 4) is 0 Å². The van der Waals surface area contributed by atoms with Crippen LogP contribution in [0, 0.1) is 6.92 Å². The number of aliphatic carboxylic acids is 1. The van der Waals surface area contributed by atoms with Gasteiger partial charge in [-0.1, -0.05) is 54.8 Å². The molecule has 1 aliphatic rings. The predicted octanol–water partition coefficient (Wildman–Crippen LogP) is 4.26. The number of rotatable bonds is 8. The van der Waals surface area contributed by atoms with Crippen LogP contribution in [0.3, 0.4) is 0 Å². The molecule has 1 aliphatic carbocycles. The normalized spacial score (nSPS) is 14.9. The van der Waals surface area contributed by atoms with Gasteiger partial charge in [-0.3, -0.25) is 9.59 Å². The van der Waals surface area contributed by atoms with Crippen LogP contribution >= 0.6 is 0 Å². The van der Waals surface area contributed by atoms with E-state index in [-0.39, 0.29) is 11.5 Å². The van der Waals surface area contributed by atoms with Crippen LogP contribution in [0.15, 0.2) is 66.9 Å². The van der Waals surface area contributed by atoms with Gasteiger partial charge >= 0.3 is 5.97 Å². The molecule has 0 radical (unpaired) electrons. The molecule has 1 fully saturated rings. The second kappa shape index (κ2) is 9.87. The van der Waals surface area contributed by atoms with E-state index in [0.717, 1.165) is 18.4 Å². The molecule has 0 spiro atoms. The van der Waals surface area contributed by atoms with Gasteiger partial charge in [-0.05, 0) is 50.1 Å². The maximum absolute atomic E-state index is 12.9.